The molecule has 1 heterocycles. The van der Waals surface area contributed by atoms with Crippen LogP contribution in [-0.4, -0.2) is 72.6 Å². The molecule has 2 fully saturated rings. The van der Waals surface area contributed by atoms with Gasteiger partial charge in [0.1, 0.15) is 6.04 Å². The Kier molecular flexibility index (Phi) is 16.5. The molecule has 17 heteroatoms. The number of likely N-dealkylation sites (tertiary alicyclic amines) is 1. The number of nitrogens with two attached hydrogens (primary N) is 1. The quantitative estimate of drug-likeness (QED) is 0.0569. The lowest BCUT2D eigenvalue weighted by molar-refractivity contribution is -0.163. The smallest absolute Gasteiger partial charge is 0.410 e. The highest BCUT2D eigenvalue weighted by molar-refractivity contribution is 7.54. The van der Waals surface area contributed by atoms with Crippen molar-refractivity contribution in [1.82, 2.24) is 10.2 Å². The Morgan fingerprint density at radius 3 is 2.00 bits per heavy atom. The van der Waals surface area contributed by atoms with Crippen LogP contribution in [0.3, 0.4) is 0 Å². The molecule has 3 N–H and O–H groups in total. The van der Waals surface area contributed by atoms with Crippen molar-refractivity contribution < 1.29 is 60.6 Å². The SMILES string of the molecule is CCCC[C@H](CC(=O)/C=C(\C)c1ccc(C(F)(F)P(=O)(OCOC(=O)C(C)(C)C)OCOC(=O)C(C)(C)C)cc1)C(=O)N1C[C@H]2CC2[C@H]1C(=O)N[C@H](C)CCC(N)=O. The van der Waals surface area contributed by atoms with Gasteiger partial charge in [-0.25, -0.2) is 0 Å². The summed E-state index contributed by atoms with van der Waals surface area (Å²) in [6.07, 6.45) is 4.42. The molecule has 3 amide bonds. The molecule has 5 atom stereocenters. The topological polar surface area (TPSA) is 198 Å². The number of allylic oxidation sites excluding steroid dienone is 2. The van der Waals surface area contributed by atoms with Crippen LogP contribution >= 0.6 is 7.60 Å². The monoisotopic (exact) mass is 839 g/mol. The summed E-state index contributed by atoms with van der Waals surface area (Å²) >= 11 is 0. The van der Waals surface area contributed by atoms with E-state index in [-0.39, 0.29) is 48.3 Å². The molecule has 1 aromatic rings. The van der Waals surface area contributed by atoms with Gasteiger partial charge in [0, 0.05) is 36.9 Å². The largest absolute Gasteiger partial charge is 0.438 e. The summed E-state index contributed by atoms with van der Waals surface area (Å²) < 4.78 is 65.3. The highest BCUT2D eigenvalue weighted by atomic mass is 31.2. The summed E-state index contributed by atoms with van der Waals surface area (Å²) in [6.45, 7) is 12.6. The second kappa shape index (κ2) is 19.8. The molecule has 0 radical (unpaired) electrons. The van der Waals surface area contributed by atoms with E-state index in [9.17, 15) is 33.3 Å². The van der Waals surface area contributed by atoms with Crippen LogP contribution < -0.4 is 11.1 Å². The van der Waals surface area contributed by atoms with Gasteiger partial charge in [-0.2, -0.15) is 8.78 Å². The van der Waals surface area contributed by atoms with Crippen LogP contribution in [0.25, 0.3) is 5.57 Å². The van der Waals surface area contributed by atoms with E-state index >= 15 is 8.78 Å². The minimum absolute atomic E-state index is 0.0383. The van der Waals surface area contributed by atoms with Gasteiger partial charge in [0.15, 0.2) is 5.78 Å². The maximum atomic E-state index is 16.0. The van der Waals surface area contributed by atoms with E-state index in [0.29, 0.717) is 36.9 Å². The molecule has 324 valence electrons. The highest BCUT2D eigenvalue weighted by Crippen LogP contribution is 2.67. The summed E-state index contributed by atoms with van der Waals surface area (Å²) in [5.41, 5.74) is -1.11. The summed E-state index contributed by atoms with van der Waals surface area (Å²) in [6, 6.07) is 3.55. The molecule has 0 bridgehead atoms. The lowest BCUT2D eigenvalue weighted by Crippen LogP contribution is -2.52. The van der Waals surface area contributed by atoms with Gasteiger partial charge in [-0.15, -0.1) is 0 Å². The molecule has 3 rings (SSSR count). The fourth-order valence-corrected chi connectivity index (χ4v) is 7.68. The first kappa shape index (κ1) is 48.4. The van der Waals surface area contributed by atoms with E-state index in [1.165, 1.54) is 59.8 Å². The van der Waals surface area contributed by atoms with Gasteiger partial charge in [0.25, 0.3) is 0 Å². The van der Waals surface area contributed by atoms with Crippen LogP contribution in [0, 0.1) is 28.6 Å². The van der Waals surface area contributed by atoms with Crippen molar-refractivity contribution in [2.75, 3.05) is 20.1 Å². The Labute approximate surface area is 339 Å². The van der Waals surface area contributed by atoms with Crippen LogP contribution in [0.1, 0.15) is 118 Å². The Bertz CT molecular complexity index is 1720. The van der Waals surface area contributed by atoms with Crippen molar-refractivity contribution in [3.63, 3.8) is 0 Å². The van der Waals surface area contributed by atoms with Gasteiger partial charge in [-0.1, -0.05) is 44.0 Å². The lowest BCUT2D eigenvalue weighted by atomic mass is 9.92. The van der Waals surface area contributed by atoms with E-state index in [2.05, 4.69) is 5.32 Å². The third-order valence-corrected chi connectivity index (χ3v) is 11.9. The molecule has 14 nitrogen and oxygen atoms in total. The molecule has 1 aromatic carbocycles. The number of carbonyl (C=O) groups is 6. The minimum Gasteiger partial charge on any atom is -0.438 e. The number of unbranched alkanes of at least 4 members (excludes halogenated alkanes) is 1. The number of rotatable bonds is 21. The van der Waals surface area contributed by atoms with Crippen LogP contribution in [-0.2, 0) is 57.5 Å². The number of hydrogen-bond donors (Lipinski definition) is 2. The average molecular weight is 840 g/mol. The van der Waals surface area contributed by atoms with Gasteiger partial charge >= 0.3 is 25.2 Å². The molecule has 0 aromatic heterocycles. The first-order valence-electron chi connectivity index (χ1n) is 19.6. The number of esters is 2. The Morgan fingerprint density at radius 1 is 0.948 bits per heavy atom. The molecular weight excluding hydrogens is 779 g/mol. The number of primary amides is 1. The van der Waals surface area contributed by atoms with Crippen molar-refractivity contribution in [2.45, 2.75) is 125 Å². The van der Waals surface area contributed by atoms with E-state index in [0.717, 1.165) is 25.0 Å². The lowest BCUT2D eigenvalue weighted by Gasteiger charge is -2.31. The molecule has 58 heavy (non-hydrogen) atoms. The Hall–Kier alpha value is -4.01. The van der Waals surface area contributed by atoms with E-state index in [4.69, 9.17) is 24.3 Å². The number of piperidine rings is 1. The zero-order valence-corrected chi connectivity index (χ0v) is 36.0. The van der Waals surface area contributed by atoms with Gasteiger partial charge in [-0.05, 0) is 104 Å². The summed E-state index contributed by atoms with van der Waals surface area (Å²) in [5, 5.41) is 2.91. The number of benzene rings is 1. The van der Waals surface area contributed by atoms with Gasteiger partial charge in [-0.3, -0.25) is 42.4 Å². The molecule has 1 saturated carbocycles. The number of carbonyl (C=O) groups excluding carboxylic acids is 6. The second-order valence-corrected chi connectivity index (χ2v) is 19.4. The summed E-state index contributed by atoms with van der Waals surface area (Å²) in [5.74, 6) is -3.46. The molecule has 1 aliphatic carbocycles. The third-order valence-electron chi connectivity index (χ3n) is 10.1. The molecular formula is C41H60F2N3O11P. The normalized spacial score (nSPS) is 19.5. The zero-order chi connectivity index (χ0) is 43.8. The summed E-state index contributed by atoms with van der Waals surface area (Å²) in [7, 11) is -5.53. The van der Waals surface area contributed by atoms with Crippen molar-refractivity contribution in [3.8, 4) is 0 Å². The minimum atomic E-state index is -5.53. The van der Waals surface area contributed by atoms with E-state index in [1.54, 1.807) is 18.7 Å². The second-order valence-electron chi connectivity index (χ2n) is 17.3. The maximum Gasteiger partial charge on any atom is 0.410 e. The number of hydrogen-bond acceptors (Lipinski definition) is 11. The number of nitrogens with one attached hydrogen (secondary N) is 1. The van der Waals surface area contributed by atoms with Crippen molar-refractivity contribution in [3.05, 3.63) is 41.5 Å². The fraction of sp³-hybridized carbons (Fsp3) is 0.659. The molecule has 2 aliphatic rings. The zero-order valence-electron chi connectivity index (χ0n) is 35.1. The number of alkyl halides is 2. The van der Waals surface area contributed by atoms with E-state index < -0.39 is 73.0 Å². The first-order valence-corrected chi connectivity index (χ1v) is 21.2. The molecule has 1 aliphatic heterocycles. The van der Waals surface area contributed by atoms with Crippen LogP contribution in [0.15, 0.2) is 30.3 Å². The maximum absolute atomic E-state index is 16.0. The average Bonchev–Trinajstić information content (AvgIpc) is 3.79. The number of halogens is 2. The summed E-state index contributed by atoms with van der Waals surface area (Å²) in [4.78, 5) is 78.0. The van der Waals surface area contributed by atoms with Crippen LogP contribution in [0.4, 0.5) is 8.78 Å². The van der Waals surface area contributed by atoms with Crippen molar-refractivity contribution >= 4 is 48.6 Å². The predicted molar refractivity (Wildman–Crippen MR) is 210 cm³/mol. The van der Waals surface area contributed by atoms with Gasteiger partial charge < -0.3 is 25.4 Å². The van der Waals surface area contributed by atoms with Crippen LogP contribution in [0.5, 0.6) is 0 Å². The number of amides is 3. The predicted octanol–water partition coefficient (Wildman–Crippen LogP) is 6.84. The van der Waals surface area contributed by atoms with Crippen LogP contribution in [0.2, 0.25) is 0 Å². The fourth-order valence-electron chi connectivity index (χ4n) is 6.43. The molecule has 1 unspecified atom stereocenters. The number of ketones is 1. The third kappa shape index (κ3) is 13.0. The van der Waals surface area contributed by atoms with Gasteiger partial charge in [0.2, 0.25) is 31.3 Å². The van der Waals surface area contributed by atoms with Gasteiger partial charge in [0.05, 0.1) is 10.8 Å². The Morgan fingerprint density at radius 2 is 1.50 bits per heavy atom. The molecule has 1 saturated heterocycles. The van der Waals surface area contributed by atoms with Crippen molar-refractivity contribution in [2.24, 2.45) is 34.3 Å². The number of fused-ring (bicyclic) bond motifs is 1. The number of ether oxygens (including phenoxy) is 2. The highest BCUT2D eigenvalue weighted by Gasteiger charge is 2.58. The van der Waals surface area contributed by atoms with E-state index in [1.807, 2.05) is 6.92 Å². The van der Waals surface area contributed by atoms with Crippen molar-refractivity contribution in [1.29, 1.82) is 0 Å². The Balaban J connectivity index is 1.76. The first-order chi connectivity index (χ1) is 26.8. The standard InChI is InChI=1S/C41H60F2N3O11P/c1-10-11-12-28(36(50)46-22-29-21-32(29)34(46)35(49)45-26(3)13-18-33(44)48)20-31(47)19-25(2)27-14-16-30(17-15-27)41(42,43)58(53,56-23-54-37(51)39(4,5)6)57-24-55-38(52)40(7,8)9/h14-17,19,26,28-29,32,34H,10-13,18,20-24H2,1-9H3,(H2,44,48)(H,45,49)/b25-19+/t26-,28-,29-,32?,34+/m1/s1. The molecule has 0 spiro atoms. The number of nitrogens with zero attached hydrogens (tertiary/aromatic N) is 1.